The summed E-state index contributed by atoms with van der Waals surface area (Å²) in [5.41, 5.74) is 1.42. The monoisotopic (exact) mass is 347 g/mol. The number of aliphatic hydroxyl groups excluding tert-OH is 1. The lowest BCUT2D eigenvalue weighted by atomic mass is 10.0. The second kappa shape index (κ2) is 6.75. The molecule has 1 N–H and O–H groups in total. The Kier molecular flexibility index (Phi) is 4.69. The molecule has 1 aromatic heterocycles. The van der Waals surface area contributed by atoms with E-state index >= 15 is 0 Å². The van der Waals surface area contributed by atoms with Crippen molar-refractivity contribution >= 4 is 23.4 Å². The molecule has 6 nitrogen and oxygen atoms in total. The predicted molar refractivity (Wildman–Crippen MR) is 88.2 cm³/mol. The summed E-state index contributed by atoms with van der Waals surface area (Å²) in [6.45, 7) is -0.0784. The van der Waals surface area contributed by atoms with Crippen LogP contribution in [0.25, 0.3) is 0 Å². The molecule has 0 saturated carbocycles. The van der Waals surface area contributed by atoms with Gasteiger partial charge < -0.3 is 5.11 Å². The van der Waals surface area contributed by atoms with Crippen LogP contribution >= 0.6 is 11.6 Å². The second-order valence-corrected chi connectivity index (χ2v) is 6.41. The van der Waals surface area contributed by atoms with Crippen LogP contribution in [-0.4, -0.2) is 38.1 Å². The third-order valence-electron chi connectivity index (χ3n) is 4.20. The van der Waals surface area contributed by atoms with Crippen LogP contribution in [0.4, 0.5) is 0 Å². The van der Waals surface area contributed by atoms with E-state index in [1.54, 1.807) is 42.2 Å². The smallest absolute Gasteiger partial charge is 0.233 e. The summed E-state index contributed by atoms with van der Waals surface area (Å²) in [4.78, 5) is 25.8. The zero-order chi connectivity index (χ0) is 17.3. The number of aromatic nitrogens is 2. The molecule has 1 saturated heterocycles. The van der Waals surface area contributed by atoms with Crippen molar-refractivity contribution in [3.63, 3.8) is 0 Å². The standard InChI is InChI=1S/C17H18ClN3O3/c1-20-9-11(8-19-20)6-12-7-16(23)21(17(12)24)10-15(22)13-4-2-3-5-14(13)18/h2-5,8-9,12,15,22H,6-7,10H2,1H3/t12-,15+/m0/s1. The van der Waals surface area contributed by atoms with E-state index in [4.69, 9.17) is 11.6 Å². The minimum absolute atomic E-state index is 0.0784. The first kappa shape index (κ1) is 16.7. The summed E-state index contributed by atoms with van der Waals surface area (Å²) in [5, 5.41) is 14.8. The van der Waals surface area contributed by atoms with Gasteiger partial charge in [0.15, 0.2) is 0 Å². The number of halogens is 1. The van der Waals surface area contributed by atoms with Gasteiger partial charge in [0.25, 0.3) is 0 Å². The zero-order valence-electron chi connectivity index (χ0n) is 13.2. The number of rotatable bonds is 5. The van der Waals surface area contributed by atoms with Crippen LogP contribution in [0.5, 0.6) is 0 Å². The Bertz CT molecular complexity index is 774. The van der Waals surface area contributed by atoms with Gasteiger partial charge in [0.05, 0.1) is 24.8 Å². The highest BCUT2D eigenvalue weighted by Crippen LogP contribution is 2.28. The molecule has 126 valence electrons. The molecule has 1 fully saturated rings. The second-order valence-electron chi connectivity index (χ2n) is 6.01. The molecule has 2 atom stereocenters. The number of nitrogens with zero attached hydrogens (tertiary/aromatic N) is 3. The van der Waals surface area contributed by atoms with Gasteiger partial charge in [-0.3, -0.25) is 19.2 Å². The molecule has 7 heteroatoms. The van der Waals surface area contributed by atoms with Gasteiger partial charge in [-0.15, -0.1) is 0 Å². The average molecular weight is 348 g/mol. The quantitative estimate of drug-likeness (QED) is 0.836. The Labute approximate surface area is 144 Å². The van der Waals surface area contributed by atoms with Crippen LogP contribution in [0, 0.1) is 5.92 Å². The first-order valence-corrected chi connectivity index (χ1v) is 8.07. The fourth-order valence-electron chi connectivity index (χ4n) is 2.98. The van der Waals surface area contributed by atoms with Gasteiger partial charge in [-0.05, 0) is 18.1 Å². The molecular formula is C17H18ClN3O3. The minimum Gasteiger partial charge on any atom is -0.386 e. The Morgan fingerprint density at radius 2 is 2.12 bits per heavy atom. The molecule has 1 aliphatic heterocycles. The van der Waals surface area contributed by atoms with Crippen molar-refractivity contribution in [2.75, 3.05) is 6.54 Å². The maximum Gasteiger partial charge on any atom is 0.233 e. The van der Waals surface area contributed by atoms with Crippen molar-refractivity contribution in [1.29, 1.82) is 0 Å². The van der Waals surface area contributed by atoms with Gasteiger partial charge in [-0.25, -0.2) is 0 Å². The van der Waals surface area contributed by atoms with E-state index in [1.165, 1.54) is 0 Å². The van der Waals surface area contributed by atoms with Crippen LogP contribution in [0.1, 0.15) is 23.7 Å². The lowest BCUT2D eigenvalue weighted by molar-refractivity contribution is -0.141. The fourth-order valence-corrected chi connectivity index (χ4v) is 3.24. The van der Waals surface area contributed by atoms with Gasteiger partial charge in [0.1, 0.15) is 0 Å². The van der Waals surface area contributed by atoms with E-state index in [9.17, 15) is 14.7 Å². The molecule has 1 aliphatic rings. The molecule has 1 aromatic carbocycles. The molecule has 0 unspecified atom stereocenters. The predicted octanol–water partition coefficient (Wildman–Crippen LogP) is 1.72. The minimum atomic E-state index is -0.997. The van der Waals surface area contributed by atoms with Crippen molar-refractivity contribution < 1.29 is 14.7 Å². The zero-order valence-corrected chi connectivity index (χ0v) is 14.0. The van der Waals surface area contributed by atoms with Crippen LogP contribution in [0.15, 0.2) is 36.7 Å². The van der Waals surface area contributed by atoms with Crippen LogP contribution in [0.3, 0.4) is 0 Å². The third kappa shape index (κ3) is 3.34. The molecule has 2 heterocycles. The van der Waals surface area contributed by atoms with E-state index in [1.807, 2.05) is 6.20 Å². The van der Waals surface area contributed by atoms with E-state index in [2.05, 4.69) is 5.10 Å². The fraction of sp³-hybridized carbons (Fsp3) is 0.353. The number of hydrogen-bond acceptors (Lipinski definition) is 4. The third-order valence-corrected chi connectivity index (χ3v) is 4.54. The van der Waals surface area contributed by atoms with Crippen molar-refractivity contribution in [2.45, 2.75) is 18.9 Å². The van der Waals surface area contributed by atoms with Gasteiger partial charge in [0, 0.05) is 30.3 Å². The largest absolute Gasteiger partial charge is 0.386 e. The topological polar surface area (TPSA) is 75.4 Å². The van der Waals surface area contributed by atoms with Gasteiger partial charge in [0.2, 0.25) is 11.8 Å². The average Bonchev–Trinajstić information content (AvgIpc) is 3.06. The lowest BCUT2D eigenvalue weighted by Gasteiger charge is -2.20. The number of benzene rings is 1. The molecular weight excluding hydrogens is 330 g/mol. The number of amides is 2. The lowest BCUT2D eigenvalue weighted by Crippen LogP contribution is -2.35. The number of likely N-dealkylation sites (tertiary alicyclic amines) is 1. The molecule has 3 rings (SSSR count). The summed E-state index contributed by atoms with van der Waals surface area (Å²) in [7, 11) is 1.80. The number of aliphatic hydroxyl groups is 1. The maximum absolute atomic E-state index is 12.5. The number of aryl methyl sites for hydroxylation is 1. The van der Waals surface area contributed by atoms with Crippen LogP contribution in [-0.2, 0) is 23.1 Å². The maximum atomic E-state index is 12.5. The number of carbonyl (C=O) groups is 2. The normalized spacial score (nSPS) is 19.1. The summed E-state index contributed by atoms with van der Waals surface area (Å²) >= 11 is 6.06. The highest BCUT2D eigenvalue weighted by atomic mass is 35.5. The summed E-state index contributed by atoms with van der Waals surface area (Å²) in [5.74, 6) is -0.921. The van der Waals surface area contributed by atoms with E-state index in [0.29, 0.717) is 17.0 Å². The molecule has 0 bridgehead atoms. The molecule has 2 aromatic rings. The van der Waals surface area contributed by atoms with Gasteiger partial charge in [-0.1, -0.05) is 29.8 Å². The highest BCUT2D eigenvalue weighted by molar-refractivity contribution is 6.31. The van der Waals surface area contributed by atoms with Crippen molar-refractivity contribution in [3.05, 3.63) is 52.8 Å². The van der Waals surface area contributed by atoms with E-state index < -0.39 is 12.0 Å². The van der Waals surface area contributed by atoms with E-state index in [0.717, 1.165) is 10.5 Å². The Morgan fingerprint density at radius 1 is 1.38 bits per heavy atom. The molecule has 24 heavy (non-hydrogen) atoms. The van der Waals surface area contributed by atoms with Gasteiger partial charge >= 0.3 is 0 Å². The molecule has 2 amide bonds. The first-order chi connectivity index (χ1) is 11.5. The summed E-state index contributed by atoms with van der Waals surface area (Å²) < 4.78 is 1.66. The SMILES string of the molecule is Cn1cc(C[C@H]2CC(=O)N(C[C@@H](O)c3ccccc3Cl)C2=O)cn1. The molecule has 0 radical (unpaired) electrons. The Balaban J connectivity index is 1.69. The number of carbonyl (C=O) groups excluding carboxylic acids is 2. The van der Waals surface area contributed by atoms with Crippen molar-refractivity contribution in [3.8, 4) is 0 Å². The summed E-state index contributed by atoms with van der Waals surface area (Å²) in [6.07, 6.45) is 3.15. The number of imide groups is 1. The highest BCUT2D eigenvalue weighted by Gasteiger charge is 2.39. The van der Waals surface area contributed by atoms with Crippen molar-refractivity contribution in [2.24, 2.45) is 13.0 Å². The van der Waals surface area contributed by atoms with Crippen molar-refractivity contribution in [1.82, 2.24) is 14.7 Å². The first-order valence-electron chi connectivity index (χ1n) is 7.70. The molecule has 0 aliphatic carbocycles. The summed E-state index contributed by atoms with van der Waals surface area (Å²) in [6, 6.07) is 6.86. The number of hydrogen-bond donors (Lipinski definition) is 1. The van der Waals surface area contributed by atoms with E-state index in [-0.39, 0.29) is 24.8 Å². The van der Waals surface area contributed by atoms with Gasteiger partial charge in [-0.2, -0.15) is 5.10 Å². The number of β-amino-alcohol motifs (C(OH)–C–C–N with tert-alkyl or cyclic N) is 1. The Morgan fingerprint density at radius 3 is 2.79 bits per heavy atom. The van der Waals surface area contributed by atoms with Crippen LogP contribution < -0.4 is 0 Å². The Hall–Kier alpha value is -2.18. The van der Waals surface area contributed by atoms with Crippen LogP contribution in [0.2, 0.25) is 5.02 Å². The molecule has 0 spiro atoms.